The molecule has 0 aromatic heterocycles. The largest absolute Gasteiger partial charge is 0.276 e. The highest BCUT2D eigenvalue weighted by molar-refractivity contribution is 6.70. The van der Waals surface area contributed by atoms with Crippen LogP contribution in [0.2, 0.25) is 0 Å². The number of hydrogen-bond donors (Lipinski definition) is 0. The molecule has 0 fully saturated rings. The second-order valence-corrected chi connectivity index (χ2v) is 3.75. The molecule has 2 rings (SSSR count). The van der Waals surface area contributed by atoms with Crippen molar-refractivity contribution in [3.63, 3.8) is 0 Å². The van der Waals surface area contributed by atoms with Crippen LogP contribution in [0.25, 0.3) is 11.1 Å². The summed E-state index contributed by atoms with van der Waals surface area (Å²) < 4.78 is 0. The van der Waals surface area contributed by atoms with E-state index < -0.39 is 5.24 Å². The smallest absolute Gasteiger partial charge is 0.252 e. The number of carbonyl (C=O) groups is 1. The van der Waals surface area contributed by atoms with Crippen LogP contribution in [0.3, 0.4) is 0 Å². The van der Waals surface area contributed by atoms with E-state index in [-0.39, 0.29) is 0 Å². The average Bonchev–Trinajstić information content (AvgIpc) is 2.29. The molecule has 0 bridgehead atoms. The molecule has 0 aliphatic heterocycles. The van der Waals surface area contributed by atoms with Crippen molar-refractivity contribution in [1.82, 2.24) is 0 Å². The van der Waals surface area contributed by atoms with Crippen LogP contribution in [-0.2, 0) is 0 Å². The molecule has 0 saturated heterocycles. The Morgan fingerprint density at radius 3 is 2.31 bits per heavy atom. The monoisotopic (exact) mass is 226 g/mol. The fourth-order valence-corrected chi connectivity index (χ4v) is 1.86. The summed E-state index contributed by atoms with van der Waals surface area (Å²) in [5, 5.41) is -0.531. The van der Waals surface area contributed by atoms with Gasteiger partial charge in [0.25, 0.3) is 5.24 Å². The van der Waals surface area contributed by atoms with Gasteiger partial charge in [-0.2, -0.15) is 0 Å². The third-order valence-corrected chi connectivity index (χ3v) is 2.57. The third kappa shape index (κ3) is 2.02. The zero-order valence-electron chi connectivity index (χ0n) is 8.48. The first-order chi connectivity index (χ1) is 7.70. The summed E-state index contributed by atoms with van der Waals surface area (Å²) in [6.45, 7) is 0. The van der Waals surface area contributed by atoms with Gasteiger partial charge in [-0.05, 0) is 22.7 Å². The van der Waals surface area contributed by atoms with Crippen LogP contribution in [0.4, 0.5) is 0 Å². The van der Waals surface area contributed by atoms with Crippen LogP contribution in [-0.4, -0.2) is 13.1 Å². The van der Waals surface area contributed by atoms with Crippen molar-refractivity contribution in [3.8, 4) is 11.1 Å². The minimum atomic E-state index is -0.531. The molecule has 1 nitrogen and oxygen atoms in total. The molecule has 0 N–H and O–H groups in total. The van der Waals surface area contributed by atoms with Crippen LogP contribution >= 0.6 is 11.6 Å². The van der Waals surface area contributed by atoms with E-state index in [1.165, 1.54) is 0 Å². The SMILES string of the molecule is [B]c1cccc(-c2ccccc2)c1C(=O)Cl. The first kappa shape index (κ1) is 11.0. The lowest BCUT2D eigenvalue weighted by Crippen LogP contribution is -2.14. The number of hydrogen-bond acceptors (Lipinski definition) is 1. The fourth-order valence-electron chi connectivity index (χ4n) is 1.65. The van der Waals surface area contributed by atoms with Crippen molar-refractivity contribution in [2.45, 2.75) is 0 Å². The van der Waals surface area contributed by atoms with Gasteiger partial charge in [0.1, 0.15) is 7.85 Å². The highest BCUT2D eigenvalue weighted by atomic mass is 35.5. The molecule has 0 aliphatic rings. The van der Waals surface area contributed by atoms with Gasteiger partial charge in [0, 0.05) is 5.56 Å². The fraction of sp³-hybridized carbons (Fsp3) is 0. The van der Waals surface area contributed by atoms with Gasteiger partial charge in [-0.1, -0.05) is 54.0 Å². The summed E-state index contributed by atoms with van der Waals surface area (Å²) in [6, 6.07) is 14.9. The molecule has 0 atom stereocenters. The van der Waals surface area contributed by atoms with Crippen LogP contribution < -0.4 is 5.46 Å². The highest BCUT2D eigenvalue weighted by Gasteiger charge is 2.12. The molecule has 3 heteroatoms. The molecular formula is C13H8BClO. The van der Waals surface area contributed by atoms with E-state index in [1.807, 2.05) is 36.4 Å². The van der Waals surface area contributed by atoms with Crippen LogP contribution in [0, 0.1) is 0 Å². The summed E-state index contributed by atoms with van der Waals surface area (Å²) in [6.07, 6.45) is 0. The normalized spacial score (nSPS) is 10.1. The summed E-state index contributed by atoms with van der Waals surface area (Å²) >= 11 is 5.54. The lowest BCUT2D eigenvalue weighted by Gasteiger charge is -2.09. The Labute approximate surface area is 100 Å². The Kier molecular flexibility index (Phi) is 3.11. The van der Waals surface area contributed by atoms with Crippen LogP contribution in [0.15, 0.2) is 48.5 Å². The first-order valence-electron chi connectivity index (χ1n) is 4.84. The predicted octanol–water partition coefficient (Wildman–Crippen LogP) is 2.53. The molecule has 2 aromatic rings. The van der Waals surface area contributed by atoms with E-state index >= 15 is 0 Å². The maximum absolute atomic E-state index is 11.3. The minimum Gasteiger partial charge on any atom is -0.276 e. The van der Waals surface area contributed by atoms with Crippen molar-refractivity contribution in [3.05, 3.63) is 54.1 Å². The third-order valence-electron chi connectivity index (χ3n) is 2.38. The Morgan fingerprint density at radius 2 is 1.69 bits per heavy atom. The van der Waals surface area contributed by atoms with E-state index in [1.54, 1.807) is 12.1 Å². The Balaban J connectivity index is 2.66. The first-order valence-corrected chi connectivity index (χ1v) is 5.21. The molecule has 2 radical (unpaired) electrons. The molecule has 16 heavy (non-hydrogen) atoms. The minimum absolute atomic E-state index is 0.371. The van der Waals surface area contributed by atoms with Crippen molar-refractivity contribution in [2.24, 2.45) is 0 Å². The van der Waals surface area contributed by atoms with E-state index in [0.29, 0.717) is 11.0 Å². The lowest BCUT2D eigenvalue weighted by atomic mass is 9.86. The highest BCUT2D eigenvalue weighted by Crippen LogP contribution is 2.23. The molecule has 0 spiro atoms. The summed E-state index contributed by atoms with van der Waals surface area (Å²) in [5.74, 6) is 0. The molecular weight excluding hydrogens is 218 g/mol. The molecule has 0 amide bonds. The molecule has 0 heterocycles. The number of benzene rings is 2. The molecule has 0 unspecified atom stereocenters. The van der Waals surface area contributed by atoms with Gasteiger partial charge in [-0.3, -0.25) is 4.79 Å². The van der Waals surface area contributed by atoms with Crippen LogP contribution in [0.1, 0.15) is 10.4 Å². The standard InChI is InChI=1S/C13H8BClO/c14-11-8-4-7-10(12(11)13(15)16)9-5-2-1-3-6-9/h1-8H. The quantitative estimate of drug-likeness (QED) is 0.568. The Morgan fingerprint density at radius 1 is 1.00 bits per heavy atom. The molecule has 0 saturated carbocycles. The van der Waals surface area contributed by atoms with E-state index in [0.717, 1.165) is 11.1 Å². The van der Waals surface area contributed by atoms with Crippen molar-refractivity contribution < 1.29 is 4.79 Å². The number of rotatable bonds is 2. The van der Waals surface area contributed by atoms with Gasteiger partial charge in [0.2, 0.25) is 0 Å². The Bertz CT molecular complexity index is 523. The summed E-state index contributed by atoms with van der Waals surface area (Å²) in [5.41, 5.74) is 2.47. The molecule has 2 aromatic carbocycles. The van der Waals surface area contributed by atoms with Crippen LogP contribution in [0.5, 0.6) is 0 Å². The summed E-state index contributed by atoms with van der Waals surface area (Å²) in [7, 11) is 5.75. The molecule has 76 valence electrons. The zero-order chi connectivity index (χ0) is 11.5. The van der Waals surface area contributed by atoms with Gasteiger partial charge < -0.3 is 0 Å². The van der Waals surface area contributed by atoms with Crippen molar-refractivity contribution in [2.75, 3.05) is 0 Å². The zero-order valence-corrected chi connectivity index (χ0v) is 9.24. The second-order valence-electron chi connectivity index (χ2n) is 3.41. The van der Waals surface area contributed by atoms with Crippen molar-refractivity contribution >= 4 is 30.2 Å². The van der Waals surface area contributed by atoms with Crippen molar-refractivity contribution in [1.29, 1.82) is 0 Å². The van der Waals surface area contributed by atoms with Gasteiger partial charge in [0.05, 0.1) is 0 Å². The maximum atomic E-state index is 11.3. The topological polar surface area (TPSA) is 17.1 Å². The predicted molar refractivity (Wildman–Crippen MR) is 67.4 cm³/mol. The number of halogens is 1. The Hall–Kier alpha value is -1.54. The van der Waals surface area contributed by atoms with E-state index in [2.05, 4.69) is 0 Å². The van der Waals surface area contributed by atoms with E-state index in [4.69, 9.17) is 19.4 Å². The van der Waals surface area contributed by atoms with Gasteiger partial charge in [0.15, 0.2) is 0 Å². The van der Waals surface area contributed by atoms with Gasteiger partial charge in [-0.25, -0.2) is 0 Å². The number of carbonyl (C=O) groups excluding carboxylic acids is 1. The molecule has 0 aliphatic carbocycles. The van der Waals surface area contributed by atoms with E-state index in [9.17, 15) is 4.79 Å². The van der Waals surface area contributed by atoms with Gasteiger partial charge in [-0.15, -0.1) is 0 Å². The average molecular weight is 226 g/mol. The maximum Gasteiger partial charge on any atom is 0.252 e. The lowest BCUT2D eigenvalue weighted by molar-refractivity contribution is 0.108. The van der Waals surface area contributed by atoms with Gasteiger partial charge >= 0.3 is 0 Å². The summed E-state index contributed by atoms with van der Waals surface area (Å²) in [4.78, 5) is 11.3. The second kappa shape index (κ2) is 4.54.